The van der Waals surface area contributed by atoms with E-state index in [1.165, 1.54) is 5.56 Å². The summed E-state index contributed by atoms with van der Waals surface area (Å²) in [5.41, 5.74) is 3.00. The van der Waals surface area contributed by atoms with E-state index in [0.717, 1.165) is 16.6 Å². The molecule has 0 radical (unpaired) electrons. The Morgan fingerprint density at radius 1 is 1.19 bits per heavy atom. The van der Waals surface area contributed by atoms with E-state index in [1.807, 2.05) is 28.7 Å². The van der Waals surface area contributed by atoms with E-state index in [4.69, 9.17) is 0 Å². The molecule has 80 valence electrons. The van der Waals surface area contributed by atoms with E-state index in [-0.39, 0.29) is 6.61 Å². The first-order valence-corrected chi connectivity index (χ1v) is 5.14. The van der Waals surface area contributed by atoms with Crippen LogP contribution in [0.5, 0.6) is 0 Å². The smallest absolute Gasteiger partial charge is 0.163 e. The standard InChI is InChI=1S/C12H11N3O/c1-8-2-4-10-9(6-8)3-5-11-13-14-12(7-16)15(10)11/h2-6,16H,7H2,1H3. The maximum atomic E-state index is 9.22. The van der Waals surface area contributed by atoms with Crippen molar-refractivity contribution >= 4 is 16.6 Å². The minimum absolute atomic E-state index is 0.103. The van der Waals surface area contributed by atoms with Crippen LogP contribution in [0.3, 0.4) is 0 Å². The number of rotatable bonds is 1. The van der Waals surface area contributed by atoms with Crippen LogP contribution in [0.2, 0.25) is 0 Å². The molecule has 1 N–H and O–H groups in total. The second kappa shape index (κ2) is 3.28. The van der Waals surface area contributed by atoms with Gasteiger partial charge in [0.1, 0.15) is 6.61 Å². The first kappa shape index (κ1) is 9.30. The van der Waals surface area contributed by atoms with E-state index in [9.17, 15) is 5.11 Å². The number of aliphatic hydroxyl groups excluding tert-OH is 1. The third kappa shape index (κ3) is 1.20. The zero-order chi connectivity index (χ0) is 11.1. The minimum Gasteiger partial charge on any atom is -0.388 e. The molecule has 0 saturated heterocycles. The first-order chi connectivity index (χ1) is 7.79. The van der Waals surface area contributed by atoms with E-state index >= 15 is 0 Å². The van der Waals surface area contributed by atoms with Gasteiger partial charge >= 0.3 is 0 Å². The van der Waals surface area contributed by atoms with Crippen LogP contribution in [0.4, 0.5) is 0 Å². The Morgan fingerprint density at radius 3 is 2.88 bits per heavy atom. The summed E-state index contributed by atoms with van der Waals surface area (Å²) in [5.74, 6) is 0.574. The molecule has 0 aliphatic rings. The lowest BCUT2D eigenvalue weighted by Crippen LogP contribution is -1.95. The SMILES string of the molecule is Cc1ccc2c(ccc3nnc(CO)n32)c1. The van der Waals surface area contributed by atoms with Crippen LogP contribution < -0.4 is 0 Å². The molecule has 0 fully saturated rings. The van der Waals surface area contributed by atoms with Crippen LogP contribution in [0, 0.1) is 6.92 Å². The molecule has 3 rings (SSSR count). The van der Waals surface area contributed by atoms with Gasteiger partial charge < -0.3 is 5.11 Å². The van der Waals surface area contributed by atoms with Crippen molar-refractivity contribution in [2.24, 2.45) is 0 Å². The van der Waals surface area contributed by atoms with Crippen LogP contribution in [-0.2, 0) is 6.61 Å². The summed E-state index contributed by atoms with van der Waals surface area (Å²) < 4.78 is 1.88. The van der Waals surface area contributed by atoms with Crippen molar-refractivity contribution in [2.75, 3.05) is 0 Å². The molecule has 0 bridgehead atoms. The Bertz CT molecular complexity index is 672. The Hall–Kier alpha value is -1.94. The zero-order valence-corrected chi connectivity index (χ0v) is 8.88. The van der Waals surface area contributed by atoms with Crippen molar-refractivity contribution in [3.63, 3.8) is 0 Å². The van der Waals surface area contributed by atoms with Crippen LogP contribution in [0.1, 0.15) is 11.4 Å². The van der Waals surface area contributed by atoms with E-state index in [0.29, 0.717) is 5.82 Å². The van der Waals surface area contributed by atoms with E-state index < -0.39 is 0 Å². The summed E-state index contributed by atoms with van der Waals surface area (Å²) in [5, 5.41) is 18.3. The van der Waals surface area contributed by atoms with Crippen molar-refractivity contribution in [1.29, 1.82) is 0 Å². The summed E-state index contributed by atoms with van der Waals surface area (Å²) in [7, 11) is 0. The number of hydrogen-bond acceptors (Lipinski definition) is 3. The summed E-state index contributed by atoms with van der Waals surface area (Å²) in [6.07, 6.45) is 0. The fourth-order valence-electron chi connectivity index (χ4n) is 1.98. The molecule has 4 heteroatoms. The zero-order valence-electron chi connectivity index (χ0n) is 8.88. The Balaban J connectivity index is 2.51. The van der Waals surface area contributed by atoms with Crippen LogP contribution >= 0.6 is 0 Å². The first-order valence-electron chi connectivity index (χ1n) is 5.14. The highest BCUT2D eigenvalue weighted by Crippen LogP contribution is 2.18. The number of nitrogens with zero attached hydrogens (tertiary/aromatic N) is 3. The predicted octanol–water partition coefficient (Wildman–Crippen LogP) is 1.68. The molecule has 0 atom stereocenters. The number of pyridine rings is 1. The normalized spacial score (nSPS) is 11.4. The van der Waals surface area contributed by atoms with Crippen molar-refractivity contribution < 1.29 is 5.11 Å². The highest BCUT2D eigenvalue weighted by Gasteiger charge is 2.07. The molecular formula is C12H11N3O. The van der Waals surface area contributed by atoms with Crippen LogP contribution in [0.25, 0.3) is 16.6 Å². The molecule has 2 heterocycles. The van der Waals surface area contributed by atoms with Gasteiger partial charge in [0.2, 0.25) is 0 Å². The van der Waals surface area contributed by atoms with Gasteiger partial charge in [0, 0.05) is 0 Å². The molecule has 16 heavy (non-hydrogen) atoms. The van der Waals surface area contributed by atoms with Crippen molar-refractivity contribution in [3.8, 4) is 0 Å². The Kier molecular flexibility index (Phi) is 1.91. The van der Waals surface area contributed by atoms with Gasteiger partial charge in [-0.2, -0.15) is 0 Å². The Labute approximate surface area is 92.2 Å². The predicted molar refractivity (Wildman–Crippen MR) is 61.2 cm³/mol. The molecule has 0 saturated carbocycles. The van der Waals surface area contributed by atoms with Gasteiger partial charge in [-0.1, -0.05) is 11.6 Å². The number of hydrogen-bond donors (Lipinski definition) is 1. The number of aromatic nitrogens is 3. The van der Waals surface area contributed by atoms with Crippen LogP contribution in [0.15, 0.2) is 30.3 Å². The lowest BCUT2D eigenvalue weighted by atomic mass is 10.1. The molecule has 3 aromatic rings. The summed E-state index contributed by atoms with van der Waals surface area (Å²) in [6, 6.07) is 10.1. The highest BCUT2D eigenvalue weighted by molar-refractivity contribution is 5.82. The van der Waals surface area contributed by atoms with Gasteiger partial charge in [-0.3, -0.25) is 4.40 Å². The molecule has 0 spiro atoms. The minimum atomic E-state index is -0.103. The molecule has 0 aliphatic heterocycles. The second-order valence-corrected chi connectivity index (χ2v) is 3.86. The molecule has 2 aromatic heterocycles. The molecule has 4 nitrogen and oxygen atoms in total. The lowest BCUT2D eigenvalue weighted by molar-refractivity contribution is 0.270. The van der Waals surface area contributed by atoms with Gasteiger partial charge in [0.25, 0.3) is 0 Å². The van der Waals surface area contributed by atoms with Crippen molar-refractivity contribution in [3.05, 3.63) is 41.7 Å². The quantitative estimate of drug-likeness (QED) is 0.669. The van der Waals surface area contributed by atoms with Gasteiger partial charge in [-0.15, -0.1) is 10.2 Å². The molecule has 0 unspecified atom stereocenters. The fraction of sp³-hybridized carbons (Fsp3) is 0.167. The van der Waals surface area contributed by atoms with E-state index in [1.54, 1.807) is 0 Å². The highest BCUT2D eigenvalue weighted by atomic mass is 16.3. The fourth-order valence-corrected chi connectivity index (χ4v) is 1.98. The van der Waals surface area contributed by atoms with E-state index in [2.05, 4.69) is 23.2 Å². The average Bonchev–Trinajstić information content (AvgIpc) is 2.71. The average molecular weight is 213 g/mol. The molecule has 0 amide bonds. The number of benzene rings is 1. The Morgan fingerprint density at radius 2 is 2.06 bits per heavy atom. The molecule has 0 aliphatic carbocycles. The largest absolute Gasteiger partial charge is 0.388 e. The van der Waals surface area contributed by atoms with Gasteiger partial charge in [-0.25, -0.2) is 0 Å². The topological polar surface area (TPSA) is 50.4 Å². The van der Waals surface area contributed by atoms with Gasteiger partial charge in [0.15, 0.2) is 11.5 Å². The maximum absolute atomic E-state index is 9.22. The number of aryl methyl sites for hydroxylation is 1. The second-order valence-electron chi connectivity index (χ2n) is 3.86. The summed E-state index contributed by atoms with van der Waals surface area (Å²) in [4.78, 5) is 0. The van der Waals surface area contributed by atoms with Gasteiger partial charge in [0.05, 0.1) is 5.52 Å². The van der Waals surface area contributed by atoms with Gasteiger partial charge in [-0.05, 0) is 36.6 Å². The molecular weight excluding hydrogens is 202 g/mol. The monoisotopic (exact) mass is 213 g/mol. The summed E-state index contributed by atoms with van der Waals surface area (Å²) in [6.45, 7) is 1.96. The number of fused-ring (bicyclic) bond motifs is 3. The van der Waals surface area contributed by atoms with Crippen LogP contribution in [-0.4, -0.2) is 19.7 Å². The third-order valence-electron chi connectivity index (χ3n) is 2.73. The van der Waals surface area contributed by atoms with Crippen molar-refractivity contribution in [1.82, 2.24) is 14.6 Å². The third-order valence-corrected chi connectivity index (χ3v) is 2.73. The lowest BCUT2D eigenvalue weighted by Gasteiger charge is -2.04. The molecule has 1 aromatic carbocycles. The maximum Gasteiger partial charge on any atom is 0.163 e. The summed E-state index contributed by atoms with van der Waals surface area (Å²) >= 11 is 0. The van der Waals surface area contributed by atoms with Crippen molar-refractivity contribution in [2.45, 2.75) is 13.5 Å². The number of aliphatic hydroxyl groups is 1.